The van der Waals surface area contributed by atoms with E-state index in [2.05, 4.69) is 12.2 Å². The van der Waals surface area contributed by atoms with Crippen LogP contribution in [0.2, 0.25) is 0 Å². The van der Waals surface area contributed by atoms with Crippen molar-refractivity contribution in [3.8, 4) is 0 Å². The molecule has 58 valence electrons. The zero-order valence-electron chi connectivity index (χ0n) is 6.68. The number of carbonyl (C=O) groups is 1. The van der Waals surface area contributed by atoms with Crippen LogP contribution in [0.15, 0.2) is 0 Å². The Morgan fingerprint density at radius 1 is 1.40 bits per heavy atom. The second-order valence-electron chi connectivity index (χ2n) is 3.24. The Morgan fingerprint density at radius 3 is 2.80 bits per heavy atom. The molecule has 1 heterocycles. The van der Waals surface area contributed by atoms with Gasteiger partial charge in [-0.25, -0.2) is 0 Å². The van der Waals surface area contributed by atoms with Gasteiger partial charge in [-0.15, -0.1) is 0 Å². The van der Waals surface area contributed by atoms with E-state index in [-0.39, 0.29) is 11.8 Å². The van der Waals surface area contributed by atoms with Gasteiger partial charge in [0.1, 0.15) is 0 Å². The van der Waals surface area contributed by atoms with Crippen LogP contribution in [0.3, 0.4) is 0 Å². The summed E-state index contributed by atoms with van der Waals surface area (Å²) < 4.78 is 0. The van der Waals surface area contributed by atoms with Crippen LogP contribution in [-0.4, -0.2) is 11.9 Å². The smallest absolute Gasteiger partial charge is 0.223 e. The maximum atomic E-state index is 11.1. The summed E-state index contributed by atoms with van der Waals surface area (Å²) in [6.45, 7) is 4.06. The molecule has 0 radical (unpaired) electrons. The van der Waals surface area contributed by atoms with E-state index in [1.165, 1.54) is 6.42 Å². The summed E-state index contributed by atoms with van der Waals surface area (Å²) in [4.78, 5) is 11.1. The average Bonchev–Trinajstić information content (AvgIpc) is 1.96. The third-order valence-corrected chi connectivity index (χ3v) is 2.11. The molecule has 1 rings (SSSR count). The molecule has 0 aromatic rings. The lowest BCUT2D eigenvalue weighted by molar-refractivity contribution is -0.124. The number of carbonyl (C=O) groups excluding carboxylic acids is 1. The van der Waals surface area contributed by atoms with Crippen LogP contribution in [0.1, 0.15) is 33.1 Å². The monoisotopic (exact) mass is 141 g/mol. The molecular formula is C8H15NO. The first kappa shape index (κ1) is 7.58. The fraction of sp³-hybridized carbons (Fsp3) is 0.875. The van der Waals surface area contributed by atoms with E-state index in [0.717, 1.165) is 12.8 Å². The molecule has 1 fully saturated rings. The molecule has 2 heteroatoms. The van der Waals surface area contributed by atoms with Crippen molar-refractivity contribution in [3.05, 3.63) is 0 Å². The molecule has 0 bridgehead atoms. The first-order valence-electron chi connectivity index (χ1n) is 4.00. The van der Waals surface area contributed by atoms with Crippen molar-refractivity contribution in [3.63, 3.8) is 0 Å². The fourth-order valence-corrected chi connectivity index (χ4v) is 1.32. The lowest BCUT2D eigenvalue weighted by Crippen LogP contribution is -2.33. The van der Waals surface area contributed by atoms with Crippen molar-refractivity contribution >= 4 is 5.91 Å². The molecule has 2 unspecified atom stereocenters. The largest absolute Gasteiger partial charge is 0.353 e. The second-order valence-corrected chi connectivity index (χ2v) is 3.24. The van der Waals surface area contributed by atoms with E-state index in [1.807, 2.05) is 6.92 Å². The van der Waals surface area contributed by atoms with E-state index in [0.29, 0.717) is 6.04 Å². The van der Waals surface area contributed by atoms with Crippen LogP contribution < -0.4 is 5.32 Å². The number of hydrogen-bond acceptors (Lipinski definition) is 1. The first-order valence-corrected chi connectivity index (χ1v) is 4.00. The molecule has 1 aliphatic heterocycles. The fourth-order valence-electron chi connectivity index (χ4n) is 1.32. The predicted octanol–water partition coefficient (Wildman–Crippen LogP) is 1.31. The lowest BCUT2D eigenvalue weighted by Gasteiger charge is -2.09. The van der Waals surface area contributed by atoms with Gasteiger partial charge < -0.3 is 5.32 Å². The average molecular weight is 141 g/mol. The van der Waals surface area contributed by atoms with Crippen LogP contribution in [0.5, 0.6) is 0 Å². The Labute approximate surface area is 62.0 Å². The standard InChI is InChI=1S/C8H15NO/c1-6-4-3-5-7(2)9-8(6)10/h6-7H,3-5H2,1-2H3,(H,9,10). The molecule has 1 N–H and O–H groups in total. The van der Waals surface area contributed by atoms with Crippen molar-refractivity contribution in [2.75, 3.05) is 0 Å². The van der Waals surface area contributed by atoms with Crippen molar-refractivity contribution in [1.82, 2.24) is 5.32 Å². The highest BCUT2D eigenvalue weighted by Gasteiger charge is 2.18. The molecular weight excluding hydrogens is 126 g/mol. The number of rotatable bonds is 0. The maximum Gasteiger partial charge on any atom is 0.223 e. The Morgan fingerprint density at radius 2 is 2.10 bits per heavy atom. The molecule has 0 aromatic heterocycles. The van der Waals surface area contributed by atoms with Crippen molar-refractivity contribution < 1.29 is 4.79 Å². The molecule has 1 saturated heterocycles. The zero-order valence-corrected chi connectivity index (χ0v) is 6.68. The third-order valence-electron chi connectivity index (χ3n) is 2.11. The number of nitrogens with one attached hydrogen (secondary N) is 1. The lowest BCUT2D eigenvalue weighted by atomic mass is 10.1. The Balaban J connectivity index is 2.49. The van der Waals surface area contributed by atoms with Gasteiger partial charge in [0.25, 0.3) is 0 Å². The van der Waals surface area contributed by atoms with Crippen LogP contribution in [0, 0.1) is 5.92 Å². The summed E-state index contributed by atoms with van der Waals surface area (Å²) in [5, 5.41) is 2.95. The van der Waals surface area contributed by atoms with Crippen molar-refractivity contribution in [2.45, 2.75) is 39.2 Å². The third kappa shape index (κ3) is 1.72. The molecule has 2 nitrogen and oxygen atoms in total. The maximum absolute atomic E-state index is 11.1. The summed E-state index contributed by atoms with van der Waals surface area (Å²) in [6.07, 6.45) is 3.37. The number of amides is 1. The van der Waals surface area contributed by atoms with E-state index < -0.39 is 0 Å². The van der Waals surface area contributed by atoms with Gasteiger partial charge in [-0.05, 0) is 19.8 Å². The first-order chi connectivity index (χ1) is 4.70. The number of hydrogen-bond donors (Lipinski definition) is 1. The van der Waals surface area contributed by atoms with Gasteiger partial charge in [-0.3, -0.25) is 4.79 Å². The topological polar surface area (TPSA) is 29.1 Å². The molecule has 1 aliphatic rings. The van der Waals surface area contributed by atoms with Gasteiger partial charge in [0.2, 0.25) is 5.91 Å². The minimum absolute atomic E-state index is 0.227. The molecule has 2 atom stereocenters. The second kappa shape index (κ2) is 3.04. The highest BCUT2D eigenvalue weighted by atomic mass is 16.1. The molecule has 10 heavy (non-hydrogen) atoms. The Kier molecular flexibility index (Phi) is 2.30. The van der Waals surface area contributed by atoms with E-state index in [1.54, 1.807) is 0 Å². The SMILES string of the molecule is CC1CCCC(C)C(=O)N1. The van der Waals surface area contributed by atoms with Crippen LogP contribution in [0.4, 0.5) is 0 Å². The zero-order chi connectivity index (χ0) is 7.56. The summed E-state index contributed by atoms with van der Waals surface area (Å²) >= 11 is 0. The Hall–Kier alpha value is -0.530. The van der Waals surface area contributed by atoms with Gasteiger partial charge in [0.15, 0.2) is 0 Å². The van der Waals surface area contributed by atoms with Gasteiger partial charge in [0, 0.05) is 12.0 Å². The minimum Gasteiger partial charge on any atom is -0.353 e. The van der Waals surface area contributed by atoms with E-state index in [4.69, 9.17) is 0 Å². The molecule has 0 aromatic carbocycles. The summed E-state index contributed by atoms with van der Waals surface area (Å²) in [5.41, 5.74) is 0. The summed E-state index contributed by atoms with van der Waals surface area (Å²) in [7, 11) is 0. The molecule has 1 amide bonds. The van der Waals surface area contributed by atoms with Gasteiger partial charge in [0.05, 0.1) is 0 Å². The van der Waals surface area contributed by atoms with Crippen LogP contribution in [0.25, 0.3) is 0 Å². The summed E-state index contributed by atoms with van der Waals surface area (Å²) in [6, 6.07) is 0.387. The van der Waals surface area contributed by atoms with Crippen molar-refractivity contribution in [1.29, 1.82) is 0 Å². The van der Waals surface area contributed by atoms with Gasteiger partial charge in [-0.2, -0.15) is 0 Å². The van der Waals surface area contributed by atoms with Gasteiger partial charge in [-0.1, -0.05) is 13.3 Å². The molecule has 0 aliphatic carbocycles. The minimum atomic E-state index is 0.227. The Bertz CT molecular complexity index is 133. The quantitative estimate of drug-likeness (QED) is 0.541. The highest BCUT2D eigenvalue weighted by molar-refractivity contribution is 5.78. The van der Waals surface area contributed by atoms with E-state index in [9.17, 15) is 4.79 Å². The normalized spacial score (nSPS) is 34.8. The summed E-state index contributed by atoms with van der Waals surface area (Å²) in [5.74, 6) is 0.454. The van der Waals surface area contributed by atoms with Crippen LogP contribution in [-0.2, 0) is 4.79 Å². The van der Waals surface area contributed by atoms with Crippen LogP contribution >= 0.6 is 0 Å². The predicted molar refractivity (Wildman–Crippen MR) is 40.6 cm³/mol. The molecule has 0 saturated carbocycles. The molecule has 0 spiro atoms. The van der Waals surface area contributed by atoms with Gasteiger partial charge >= 0.3 is 0 Å². The highest BCUT2D eigenvalue weighted by Crippen LogP contribution is 2.13. The van der Waals surface area contributed by atoms with Crippen molar-refractivity contribution in [2.24, 2.45) is 5.92 Å². The van der Waals surface area contributed by atoms with E-state index >= 15 is 0 Å².